The van der Waals surface area contributed by atoms with Crippen LogP contribution in [0.15, 0.2) is 30.4 Å². The van der Waals surface area contributed by atoms with Gasteiger partial charge in [-0.25, -0.2) is 0 Å². The van der Waals surface area contributed by atoms with Crippen LogP contribution >= 0.6 is 0 Å². The lowest BCUT2D eigenvalue weighted by Gasteiger charge is -2.50. The molecule has 0 spiro atoms. The molecule has 1 aliphatic heterocycles. The van der Waals surface area contributed by atoms with Gasteiger partial charge in [0.05, 0.1) is 5.92 Å². The van der Waals surface area contributed by atoms with Crippen LogP contribution in [0.5, 0.6) is 5.75 Å². The predicted octanol–water partition coefficient (Wildman–Crippen LogP) is 4.28. The fourth-order valence-corrected chi connectivity index (χ4v) is 6.97. The summed E-state index contributed by atoms with van der Waals surface area (Å²) in [7, 11) is 2.05. The van der Waals surface area contributed by atoms with Gasteiger partial charge in [0.1, 0.15) is 11.9 Å². The number of likely N-dealkylation sites (N-methyl/N-ethyl adjacent to an activating group) is 1. The average molecular weight is 396 g/mol. The summed E-state index contributed by atoms with van der Waals surface area (Å²) in [5.74, 6) is 2.13. The largest absolute Gasteiger partial charge is 0.508 e. The molecular formula is C25H33NO3. The zero-order valence-electron chi connectivity index (χ0n) is 17.6. The smallest absolute Gasteiger partial charge is 0.314 e. The SMILES string of the molecule is CN1CC=CC(C(=O)O[C@H]2CC[C@H]3[C@@H]4CCc5cc(O)ccc5[C@H]4CC[C@]23C)C1. The molecule has 5 rings (SSSR count). The molecular weight excluding hydrogens is 362 g/mol. The number of phenolic OH excluding ortho intramolecular Hbond substituents is 1. The molecule has 2 saturated carbocycles. The molecule has 29 heavy (non-hydrogen) atoms. The summed E-state index contributed by atoms with van der Waals surface area (Å²) in [6.45, 7) is 4.06. The van der Waals surface area contributed by atoms with Crippen LogP contribution in [-0.4, -0.2) is 42.2 Å². The molecule has 1 unspecified atom stereocenters. The Kier molecular flexibility index (Phi) is 4.73. The van der Waals surface area contributed by atoms with E-state index in [0.717, 1.165) is 38.8 Å². The molecule has 1 heterocycles. The number of fused-ring (bicyclic) bond motifs is 5. The molecule has 1 aromatic rings. The van der Waals surface area contributed by atoms with Crippen LogP contribution in [0, 0.1) is 23.2 Å². The van der Waals surface area contributed by atoms with Gasteiger partial charge in [-0.15, -0.1) is 0 Å². The number of hydrogen-bond donors (Lipinski definition) is 1. The number of aryl methyl sites for hydroxylation is 1. The van der Waals surface area contributed by atoms with Crippen LogP contribution in [0.3, 0.4) is 0 Å². The molecule has 4 nitrogen and oxygen atoms in total. The Morgan fingerprint density at radius 1 is 1.24 bits per heavy atom. The number of hydrogen-bond acceptors (Lipinski definition) is 4. The van der Waals surface area contributed by atoms with Crippen LogP contribution in [0.2, 0.25) is 0 Å². The normalized spacial score (nSPS) is 38.8. The second-order valence-corrected chi connectivity index (χ2v) is 10.1. The van der Waals surface area contributed by atoms with E-state index < -0.39 is 0 Å². The predicted molar refractivity (Wildman–Crippen MR) is 113 cm³/mol. The standard InChI is InChI=1S/C25H33NO3/c1-25-12-11-20-19-8-6-18(27)14-16(19)5-7-21(20)22(25)9-10-23(25)29-24(28)17-4-3-13-26(2)15-17/h3-4,6,8,14,17,20-23,27H,5,7,9-13,15H2,1-2H3/t17?,20-,21-,22+,23+,25+/m1/s1. The van der Waals surface area contributed by atoms with Crippen LogP contribution in [-0.2, 0) is 16.0 Å². The number of esters is 1. The van der Waals surface area contributed by atoms with Gasteiger partial charge in [0, 0.05) is 18.5 Å². The minimum atomic E-state index is -0.123. The third-order valence-corrected chi connectivity index (χ3v) is 8.48. The molecule has 1 aromatic carbocycles. The maximum atomic E-state index is 12.9. The lowest BCUT2D eigenvalue weighted by atomic mass is 9.55. The zero-order chi connectivity index (χ0) is 20.2. The molecule has 4 heteroatoms. The summed E-state index contributed by atoms with van der Waals surface area (Å²) in [6, 6.07) is 5.97. The molecule has 0 saturated heterocycles. The lowest BCUT2D eigenvalue weighted by molar-refractivity contribution is -0.161. The number of carbonyl (C=O) groups excluding carboxylic acids is 1. The van der Waals surface area contributed by atoms with Crippen molar-refractivity contribution < 1.29 is 14.6 Å². The first-order chi connectivity index (χ1) is 14.0. The van der Waals surface area contributed by atoms with Crippen molar-refractivity contribution in [3.8, 4) is 5.75 Å². The molecule has 2 fully saturated rings. The highest BCUT2D eigenvalue weighted by Crippen LogP contribution is 2.61. The number of aromatic hydroxyl groups is 1. The van der Waals surface area contributed by atoms with Gasteiger partial charge in [-0.3, -0.25) is 4.79 Å². The molecule has 0 aromatic heterocycles. The molecule has 4 aliphatic rings. The zero-order valence-corrected chi connectivity index (χ0v) is 17.6. The number of benzene rings is 1. The molecule has 3 aliphatic carbocycles. The molecule has 0 amide bonds. The van der Waals surface area contributed by atoms with Gasteiger partial charge in [-0.1, -0.05) is 25.1 Å². The lowest BCUT2D eigenvalue weighted by Crippen LogP contribution is -2.46. The van der Waals surface area contributed by atoms with Crippen molar-refractivity contribution in [2.24, 2.45) is 23.2 Å². The second kappa shape index (κ2) is 7.16. The van der Waals surface area contributed by atoms with Gasteiger partial charge >= 0.3 is 5.97 Å². The van der Waals surface area contributed by atoms with Gasteiger partial charge in [0.25, 0.3) is 0 Å². The first-order valence-electron chi connectivity index (χ1n) is 11.3. The van der Waals surface area contributed by atoms with E-state index in [4.69, 9.17) is 4.74 Å². The van der Waals surface area contributed by atoms with E-state index in [-0.39, 0.29) is 23.4 Å². The van der Waals surface area contributed by atoms with Crippen LogP contribution in [0.4, 0.5) is 0 Å². The fourth-order valence-electron chi connectivity index (χ4n) is 6.97. The Morgan fingerprint density at radius 3 is 2.93 bits per heavy atom. The molecule has 156 valence electrons. The Labute approximate surface area is 173 Å². The van der Waals surface area contributed by atoms with Crippen molar-refractivity contribution in [2.45, 2.75) is 57.5 Å². The van der Waals surface area contributed by atoms with Crippen molar-refractivity contribution in [2.75, 3.05) is 20.1 Å². The van der Waals surface area contributed by atoms with Crippen molar-refractivity contribution in [3.63, 3.8) is 0 Å². The molecule has 0 bridgehead atoms. The Morgan fingerprint density at radius 2 is 2.10 bits per heavy atom. The third kappa shape index (κ3) is 3.20. The van der Waals surface area contributed by atoms with E-state index in [9.17, 15) is 9.90 Å². The maximum Gasteiger partial charge on any atom is 0.314 e. The first kappa shape index (κ1) is 19.2. The number of nitrogens with zero attached hydrogens (tertiary/aromatic N) is 1. The van der Waals surface area contributed by atoms with Crippen LogP contribution in [0.25, 0.3) is 0 Å². The summed E-state index contributed by atoms with van der Waals surface area (Å²) in [6.07, 6.45) is 10.9. The Hall–Kier alpha value is -1.81. The van der Waals surface area contributed by atoms with Crippen molar-refractivity contribution in [1.82, 2.24) is 4.90 Å². The van der Waals surface area contributed by atoms with Gasteiger partial charge in [-0.2, -0.15) is 0 Å². The molecule has 1 N–H and O–H groups in total. The van der Waals surface area contributed by atoms with E-state index in [1.807, 2.05) is 18.2 Å². The van der Waals surface area contributed by atoms with Gasteiger partial charge in [-0.05, 0) is 86.6 Å². The highest BCUT2D eigenvalue weighted by molar-refractivity contribution is 5.75. The van der Waals surface area contributed by atoms with Crippen LogP contribution in [0.1, 0.15) is 56.1 Å². The highest BCUT2D eigenvalue weighted by Gasteiger charge is 2.56. The van der Waals surface area contributed by atoms with E-state index in [1.54, 1.807) is 0 Å². The summed E-state index contributed by atoms with van der Waals surface area (Å²) in [4.78, 5) is 15.0. The molecule has 6 atom stereocenters. The summed E-state index contributed by atoms with van der Waals surface area (Å²) in [5.41, 5.74) is 2.90. The quantitative estimate of drug-likeness (QED) is 0.600. The van der Waals surface area contributed by atoms with Gasteiger partial charge in [0.15, 0.2) is 0 Å². The van der Waals surface area contributed by atoms with Gasteiger partial charge in [0.2, 0.25) is 0 Å². The topological polar surface area (TPSA) is 49.8 Å². The monoisotopic (exact) mass is 395 g/mol. The average Bonchev–Trinajstić information content (AvgIpc) is 3.04. The third-order valence-electron chi connectivity index (χ3n) is 8.48. The summed E-state index contributed by atoms with van der Waals surface area (Å²) >= 11 is 0. The highest BCUT2D eigenvalue weighted by atomic mass is 16.5. The molecule has 0 radical (unpaired) electrons. The second-order valence-electron chi connectivity index (χ2n) is 10.1. The van der Waals surface area contributed by atoms with Gasteiger partial charge < -0.3 is 14.7 Å². The Bertz CT molecular complexity index is 833. The summed E-state index contributed by atoms with van der Waals surface area (Å²) < 4.78 is 6.19. The van der Waals surface area contributed by atoms with E-state index in [2.05, 4.69) is 31.0 Å². The minimum Gasteiger partial charge on any atom is -0.508 e. The first-order valence-corrected chi connectivity index (χ1v) is 11.3. The fraction of sp³-hybridized carbons (Fsp3) is 0.640. The van der Waals surface area contributed by atoms with E-state index >= 15 is 0 Å². The number of ether oxygens (including phenoxy) is 1. The van der Waals surface area contributed by atoms with Crippen LogP contribution < -0.4 is 0 Å². The maximum absolute atomic E-state index is 12.9. The number of carbonyl (C=O) groups is 1. The number of rotatable bonds is 2. The minimum absolute atomic E-state index is 0.0359. The van der Waals surface area contributed by atoms with E-state index in [0.29, 0.717) is 23.5 Å². The van der Waals surface area contributed by atoms with Crippen molar-refractivity contribution in [1.29, 1.82) is 0 Å². The summed E-state index contributed by atoms with van der Waals surface area (Å²) in [5, 5.41) is 9.86. The van der Waals surface area contributed by atoms with Crippen molar-refractivity contribution >= 4 is 5.97 Å². The van der Waals surface area contributed by atoms with Crippen molar-refractivity contribution in [3.05, 3.63) is 41.5 Å². The van der Waals surface area contributed by atoms with E-state index in [1.165, 1.54) is 24.0 Å². The Balaban J connectivity index is 1.33. The number of phenols is 1.